The van der Waals surface area contributed by atoms with Crippen molar-refractivity contribution in [3.8, 4) is 0 Å². The van der Waals surface area contributed by atoms with Crippen molar-refractivity contribution < 1.29 is 9.13 Å². The van der Waals surface area contributed by atoms with E-state index in [9.17, 15) is 4.39 Å². The maximum Gasteiger partial charge on any atom is 0.123 e. The molecule has 0 N–H and O–H groups in total. The van der Waals surface area contributed by atoms with Gasteiger partial charge in [0.05, 0.1) is 6.61 Å². The number of fused-ring (bicyclic) bond motifs is 4. The van der Waals surface area contributed by atoms with E-state index in [0.29, 0.717) is 0 Å². The summed E-state index contributed by atoms with van der Waals surface area (Å²) in [6, 6.07) is 6.22. The number of benzene rings is 1. The van der Waals surface area contributed by atoms with Crippen LogP contribution in [0.4, 0.5) is 10.1 Å². The summed E-state index contributed by atoms with van der Waals surface area (Å²) in [6.07, 6.45) is 12.5. The second-order valence-corrected chi connectivity index (χ2v) is 10.2. The van der Waals surface area contributed by atoms with Crippen LogP contribution in [0.25, 0.3) is 0 Å². The Morgan fingerprint density at radius 2 is 1.72 bits per heavy atom. The van der Waals surface area contributed by atoms with Crippen molar-refractivity contribution in [2.24, 2.45) is 11.8 Å². The Morgan fingerprint density at radius 1 is 1.03 bits per heavy atom. The molecule has 29 heavy (non-hydrogen) atoms. The standard InChI is InChI=1S/C25H37FN2O/c1-29-15-14-28-18-25(23-17-21(26)6-9-24(23)28)10-12-27(13-11-25)22-7-4-19-2-3-20(16-19)5-8-22/h6,9,17,19-20,22H,2-5,7-8,10-16,18H2,1H3. The van der Waals surface area contributed by atoms with Crippen LogP contribution in [0.5, 0.6) is 0 Å². The minimum absolute atomic E-state index is 0.0883. The number of likely N-dealkylation sites (tertiary alicyclic amines) is 1. The van der Waals surface area contributed by atoms with Gasteiger partial charge in [0.1, 0.15) is 5.82 Å². The Kier molecular flexibility index (Phi) is 5.59. The largest absolute Gasteiger partial charge is 0.383 e. The second-order valence-electron chi connectivity index (χ2n) is 10.2. The molecule has 4 heteroatoms. The van der Waals surface area contributed by atoms with Gasteiger partial charge < -0.3 is 14.5 Å². The summed E-state index contributed by atoms with van der Waals surface area (Å²) in [5, 5.41) is 0. The molecular formula is C25H37FN2O. The minimum atomic E-state index is -0.0883. The van der Waals surface area contributed by atoms with Gasteiger partial charge in [0, 0.05) is 37.3 Å². The fraction of sp³-hybridized carbons (Fsp3) is 0.760. The second kappa shape index (κ2) is 8.19. The van der Waals surface area contributed by atoms with Crippen molar-refractivity contribution in [1.82, 2.24) is 4.90 Å². The van der Waals surface area contributed by atoms with Crippen LogP contribution in [-0.4, -0.2) is 50.8 Å². The number of hydrogen-bond donors (Lipinski definition) is 0. The molecule has 2 unspecified atom stereocenters. The third-order valence-corrected chi connectivity index (χ3v) is 8.67. The van der Waals surface area contributed by atoms with Crippen molar-refractivity contribution in [2.75, 3.05) is 44.8 Å². The number of anilines is 1. The lowest BCUT2D eigenvalue weighted by Gasteiger charge is -2.44. The Morgan fingerprint density at radius 3 is 2.41 bits per heavy atom. The van der Waals surface area contributed by atoms with Gasteiger partial charge in [-0.15, -0.1) is 0 Å². The Balaban J connectivity index is 1.28. The molecule has 2 heterocycles. The van der Waals surface area contributed by atoms with Crippen molar-refractivity contribution in [2.45, 2.75) is 69.2 Å². The Bertz CT molecular complexity index is 701. The van der Waals surface area contributed by atoms with E-state index in [1.165, 1.54) is 69.3 Å². The van der Waals surface area contributed by atoms with Crippen LogP contribution in [0.1, 0.15) is 63.4 Å². The van der Waals surface area contributed by atoms with Gasteiger partial charge in [-0.2, -0.15) is 0 Å². The highest BCUT2D eigenvalue weighted by Crippen LogP contribution is 2.48. The highest BCUT2D eigenvalue weighted by atomic mass is 19.1. The van der Waals surface area contributed by atoms with Crippen LogP contribution in [0.3, 0.4) is 0 Å². The van der Waals surface area contributed by atoms with E-state index in [-0.39, 0.29) is 11.2 Å². The number of nitrogens with zero attached hydrogens (tertiary/aromatic N) is 2. The SMILES string of the molecule is COCCN1CC2(CCN(C3CCC4CCC(CC3)C4)CC2)c2cc(F)ccc21. The molecule has 1 aromatic rings. The molecule has 2 aliphatic heterocycles. The molecule has 1 saturated heterocycles. The van der Waals surface area contributed by atoms with E-state index in [2.05, 4.69) is 9.80 Å². The molecule has 1 aromatic carbocycles. The minimum Gasteiger partial charge on any atom is -0.383 e. The quantitative estimate of drug-likeness (QED) is 0.709. The average Bonchev–Trinajstić information content (AvgIpc) is 3.31. The van der Waals surface area contributed by atoms with Gasteiger partial charge in [0.25, 0.3) is 0 Å². The van der Waals surface area contributed by atoms with Crippen LogP contribution in [0.2, 0.25) is 0 Å². The van der Waals surface area contributed by atoms with Crippen LogP contribution in [0.15, 0.2) is 18.2 Å². The van der Waals surface area contributed by atoms with Crippen molar-refractivity contribution >= 4 is 5.69 Å². The number of ether oxygens (including phenoxy) is 1. The summed E-state index contributed by atoms with van der Waals surface area (Å²) in [5.74, 6) is 1.94. The number of methoxy groups -OCH3 is 1. The summed E-state index contributed by atoms with van der Waals surface area (Å²) in [6.45, 7) is 5.00. The molecule has 2 saturated carbocycles. The lowest BCUT2D eigenvalue weighted by atomic mass is 9.73. The molecule has 160 valence electrons. The zero-order chi connectivity index (χ0) is 19.8. The van der Waals surface area contributed by atoms with Crippen LogP contribution < -0.4 is 4.90 Å². The Hall–Kier alpha value is -1.13. The van der Waals surface area contributed by atoms with E-state index in [1.807, 2.05) is 12.1 Å². The molecule has 4 aliphatic rings. The van der Waals surface area contributed by atoms with Crippen LogP contribution in [-0.2, 0) is 10.2 Å². The Labute approximate surface area is 175 Å². The van der Waals surface area contributed by atoms with Crippen LogP contribution >= 0.6 is 0 Å². The molecular weight excluding hydrogens is 363 g/mol. The fourth-order valence-corrected chi connectivity index (χ4v) is 6.96. The van der Waals surface area contributed by atoms with E-state index < -0.39 is 0 Å². The zero-order valence-electron chi connectivity index (χ0n) is 18.0. The van der Waals surface area contributed by atoms with Gasteiger partial charge >= 0.3 is 0 Å². The zero-order valence-corrected chi connectivity index (χ0v) is 18.0. The van der Waals surface area contributed by atoms with E-state index >= 15 is 0 Å². The molecule has 0 radical (unpaired) electrons. The molecule has 3 fully saturated rings. The van der Waals surface area contributed by atoms with Gasteiger partial charge in [-0.1, -0.05) is 12.8 Å². The summed E-state index contributed by atoms with van der Waals surface area (Å²) in [5.41, 5.74) is 2.62. The predicted octanol–water partition coefficient (Wildman–Crippen LogP) is 4.98. The summed E-state index contributed by atoms with van der Waals surface area (Å²) in [4.78, 5) is 5.23. The van der Waals surface area contributed by atoms with Crippen molar-refractivity contribution in [1.29, 1.82) is 0 Å². The lowest BCUT2D eigenvalue weighted by molar-refractivity contribution is 0.0966. The summed E-state index contributed by atoms with van der Waals surface area (Å²) >= 11 is 0. The molecule has 2 atom stereocenters. The first-order valence-electron chi connectivity index (χ1n) is 11.9. The van der Waals surface area contributed by atoms with E-state index in [0.717, 1.165) is 50.4 Å². The number of piperidine rings is 1. The summed E-state index contributed by atoms with van der Waals surface area (Å²) < 4.78 is 19.5. The first kappa shape index (κ1) is 19.8. The number of rotatable bonds is 4. The maximum atomic E-state index is 14.2. The van der Waals surface area contributed by atoms with Gasteiger partial charge in [-0.3, -0.25) is 0 Å². The third kappa shape index (κ3) is 3.83. The molecule has 5 rings (SSSR count). The normalized spacial score (nSPS) is 31.7. The van der Waals surface area contributed by atoms with Gasteiger partial charge in [0.15, 0.2) is 0 Å². The molecule has 0 aromatic heterocycles. The summed E-state index contributed by atoms with van der Waals surface area (Å²) in [7, 11) is 1.76. The highest BCUT2D eigenvalue weighted by molar-refractivity contribution is 5.63. The highest BCUT2D eigenvalue weighted by Gasteiger charge is 2.45. The van der Waals surface area contributed by atoms with Crippen molar-refractivity contribution in [3.05, 3.63) is 29.6 Å². The maximum absolute atomic E-state index is 14.2. The average molecular weight is 401 g/mol. The molecule has 3 nitrogen and oxygen atoms in total. The first-order valence-corrected chi connectivity index (χ1v) is 11.9. The van der Waals surface area contributed by atoms with Gasteiger partial charge in [0.2, 0.25) is 0 Å². The van der Waals surface area contributed by atoms with E-state index in [4.69, 9.17) is 4.74 Å². The first-order chi connectivity index (χ1) is 14.2. The molecule has 0 amide bonds. The molecule has 2 bridgehead atoms. The predicted molar refractivity (Wildman–Crippen MR) is 116 cm³/mol. The smallest absolute Gasteiger partial charge is 0.123 e. The third-order valence-electron chi connectivity index (χ3n) is 8.67. The topological polar surface area (TPSA) is 15.7 Å². The number of hydrogen-bond acceptors (Lipinski definition) is 3. The van der Waals surface area contributed by atoms with Gasteiger partial charge in [-0.05, 0) is 93.6 Å². The van der Waals surface area contributed by atoms with Gasteiger partial charge in [-0.25, -0.2) is 4.39 Å². The lowest BCUT2D eigenvalue weighted by Crippen LogP contribution is -2.49. The fourth-order valence-electron chi connectivity index (χ4n) is 6.96. The molecule has 2 aliphatic carbocycles. The molecule has 1 spiro atoms. The van der Waals surface area contributed by atoms with Crippen molar-refractivity contribution in [3.63, 3.8) is 0 Å². The van der Waals surface area contributed by atoms with Crippen LogP contribution in [0, 0.1) is 17.7 Å². The number of halogens is 1. The van der Waals surface area contributed by atoms with E-state index in [1.54, 1.807) is 13.2 Å². The monoisotopic (exact) mass is 400 g/mol.